The second-order valence-corrected chi connectivity index (χ2v) is 10.3. The van der Waals surface area contributed by atoms with Gasteiger partial charge in [0.25, 0.3) is 0 Å². The molecule has 3 heteroatoms. The van der Waals surface area contributed by atoms with Gasteiger partial charge in [-0.3, -0.25) is 4.79 Å². The monoisotopic (exact) mass is 379 g/mol. The van der Waals surface area contributed by atoms with E-state index in [2.05, 4.69) is 37.4 Å². The van der Waals surface area contributed by atoms with Gasteiger partial charge in [0.1, 0.15) is 0 Å². The first-order valence-electron chi connectivity index (χ1n) is 11.2. The lowest BCUT2D eigenvalue weighted by atomic mass is 9.47. The van der Waals surface area contributed by atoms with Gasteiger partial charge in [0, 0.05) is 11.5 Å². The smallest absolute Gasteiger partial charge is 0.243 e. The minimum atomic E-state index is -0.353. The van der Waals surface area contributed by atoms with E-state index in [1.807, 2.05) is 18.2 Å². The third-order valence-electron chi connectivity index (χ3n) is 9.28. The molecule has 1 aromatic rings. The van der Waals surface area contributed by atoms with Gasteiger partial charge in [0.15, 0.2) is 0 Å². The largest absolute Gasteiger partial charge is 0.388 e. The fraction of sp³-hybridized carbons (Fsp3) is 0.640. The molecule has 0 radical (unpaired) electrons. The summed E-state index contributed by atoms with van der Waals surface area (Å²) in [6.07, 6.45) is 10.7. The Bertz CT molecular complexity index is 789. The van der Waals surface area contributed by atoms with Crippen molar-refractivity contribution in [2.75, 3.05) is 0 Å². The van der Waals surface area contributed by atoms with Crippen molar-refractivity contribution >= 4 is 5.91 Å². The minimum Gasteiger partial charge on any atom is -0.388 e. The number of nitrogens with one attached hydrogen (secondary N) is 1. The molecule has 150 valence electrons. The zero-order valence-electron chi connectivity index (χ0n) is 17.1. The molecule has 1 heterocycles. The van der Waals surface area contributed by atoms with Crippen LogP contribution < -0.4 is 5.32 Å². The van der Waals surface area contributed by atoms with Gasteiger partial charge in [-0.2, -0.15) is 0 Å². The quantitative estimate of drug-likeness (QED) is 0.787. The van der Waals surface area contributed by atoms with Gasteiger partial charge in [-0.1, -0.05) is 50.3 Å². The molecule has 5 rings (SSSR count). The summed E-state index contributed by atoms with van der Waals surface area (Å²) in [4.78, 5) is 11.9. The molecule has 0 spiro atoms. The molecular weight excluding hydrogens is 346 g/mol. The average Bonchev–Trinajstić information content (AvgIpc) is 3.06. The first kappa shape index (κ1) is 18.4. The van der Waals surface area contributed by atoms with Crippen molar-refractivity contribution in [2.24, 2.45) is 34.5 Å². The number of aliphatic hydroxyl groups is 1. The molecule has 0 bridgehead atoms. The van der Waals surface area contributed by atoms with Crippen molar-refractivity contribution < 1.29 is 9.90 Å². The van der Waals surface area contributed by atoms with E-state index in [0.29, 0.717) is 29.7 Å². The van der Waals surface area contributed by atoms with E-state index >= 15 is 0 Å². The Kier molecular flexibility index (Phi) is 4.24. The third-order valence-corrected chi connectivity index (χ3v) is 9.28. The zero-order valence-corrected chi connectivity index (χ0v) is 17.1. The number of hydrogen-bond acceptors (Lipinski definition) is 2. The van der Waals surface area contributed by atoms with E-state index in [-0.39, 0.29) is 22.8 Å². The summed E-state index contributed by atoms with van der Waals surface area (Å²) in [5.74, 6) is 2.49. The molecule has 3 unspecified atom stereocenters. The number of aliphatic hydroxyl groups excluding tert-OH is 1. The summed E-state index contributed by atoms with van der Waals surface area (Å²) >= 11 is 0. The van der Waals surface area contributed by atoms with Crippen LogP contribution in [0.15, 0.2) is 42.5 Å². The molecule has 1 amide bonds. The summed E-state index contributed by atoms with van der Waals surface area (Å²) in [6.45, 7) is 4.84. The van der Waals surface area contributed by atoms with E-state index in [0.717, 1.165) is 18.4 Å². The molecule has 0 aromatic heterocycles. The van der Waals surface area contributed by atoms with Crippen LogP contribution in [0.4, 0.5) is 0 Å². The lowest BCUT2D eigenvalue weighted by molar-refractivity contribution is -0.123. The second kappa shape index (κ2) is 6.45. The molecule has 28 heavy (non-hydrogen) atoms. The molecule has 8 atom stereocenters. The second-order valence-electron chi connectivity index (χ2n) is 10.3. The lowest BCUT2D eigenvalue weighted by Gasteiger charge is -2.59. The standard InChI is InChI=1S/C25H33NO2/c1-24-14-12-19-17(8-11-21-25(19,2)15-13-22(27)26-21)18(24)9-10-20(24)23(28)16-6-4-3-5-7-16/h3-7,13,15,17-21,23,28H,8-12,14H2,1-2H3,(H,26,27)/t17-,18-,19+,20?,21?,23?,24-,25+/m0/s1. The van der Waals surface area contributed by atoms with E-state index < -0.39 is 0 Å². The van der Waals surface area contributed by atoms with Crippen LogP contribution in [0, 0.1) is 34.5 Å². The highest BCUT2D eigenvalue weighted by Crippen LogP contribution is 2.66. The highest BCUT2D eigenvalue weighted by molar-refractivity contribution is 5.89. The molecular formula is C25H33NO2. The first-order chi connectivity index (χ1) is 13.4. The topological polar surface area (TPSA) is 49.3 Å². The maximum atomic E-state index is 11.9. The van der Waals surface area contributed by atoms with Crippen molar-refractivity contribution in [2.45, 2.75) is 64.5 Å². The predicted molar refractivity (Wildman–Crippen MR) is 110 cm³/mol. The predicted octanol–water partition coefficient (Wildman–Crippen LogP) is 4.63. The Labute approximate surface area is 168 Å². The summed E-state index contributed by atoms with van der Waals surface area (Å²) in [6, 6.07) is 10.5. The summed E-state index contributed by atoms with van der Waals surface area (Å²) in [5, 5.41) is 14.5. The van der Waals surface area contributed by atoms with Gasteiger partial charge in [0.05, 0.1) is 6.10 Å². The Morgan fingerprint density at radius 3 is 2.61 bits per heavy atom. The SMILES string of the molecule is C[C@]12C=CC(=O)NC1CC[C@@H]1[C@H]2CC[C@]2(C)C(C(O)c3ccccc3)CC[C@@H]12. The number of carbonyl (C=O) groups excluding carboxylic acids is 1. The third kappa shape index (κ3) is 2.55. The van der Waals surface area contributed by atoms with Crippen molar-refractivity contribution in [3.05, 3.63) is 48.0 Å². The molecule has 3 nitrogen and oxygen atoms in total. The van der Waals surface area contributed by atoms with E-state index in [1.54, 1.807) is 6.08 Å². The molecule has 1 aromatic carbocycles. The fourth-order valence-corrected chi connectivity index (χ4v) is 7.78. The Balaban J connectivity index is 1.43. The van der Waals surface area contributed by atoms with E-state index in [4.69, 9.17) is 0 Å². The first-order valence-corrected chi connectivity index (χ1v) is 11.2. The van der Waals surface area contributed by atoms with Crippen LogP contribution in [0.1, 0.15) is 64.0 Å². The molecule has 3 aliphatic carbocycles. The normalized spacial score (nSPS) is 45.5. The minimum absolute atomic E-state index is 0.0773. The summed E-state index contributed by atoms with van der Waals surface area (Å²) in [7, 11) is 0. The van der Waals surface area contributed by atoms with Gasteiger partial charge in [-0.15, -0.1) is 0 Å². The van der Waals surface area contributed by atoms with E-state index in [9.17, 15) is 9.90 Å². The van der Waals surface area contributed by atoms with Gasteiger partial charge in [-0.05, 0) is 79.3 Å². The number of carbonyl (C=O) groups is 1. The van der Waals surface area contributed by atoms with Crippen molar-refractivity contribution in [3.63, 3.8) is 0 Å². The zero-order chi connectivity index (χ0) is 19.5. The van der Waals surface area contributed by atoms with Crippen LogP contribution in [-0.2, 0) is 4.79 Å². The average molecular weight is 380 g/mol. The van der Waals surface area contributed by atoms with Crippen LogP contribution in [0.3, 0.4) is 0 Å². The van der Waals surface area contributed by atoms with Crippen LogP contribution in [0.25, 0.3) is 0 Å². The summed E-state index contributed by atoms with van der Waals surface area (Å²) in [5.41, 5.74) is 1.39. The molecule has 4 aliphatic rings. The number of fused-ring (bicyclic) bond motifs is 5. The Morgan fingerprint density at radius 2 is 1.82 bits per heavy atom. The Hall–Kier alpha value is -1.61. The molecule has 0 saturated heterocycles. The molecule has 2 N–H and O–H groups in total. The number of amides is 1. The molecule has 3 saturated carbocycles. The van der Waals surface area contributed by atoms with Crippen molar-refractivity contribution in [3.8, 4) is 0 Å². The Morgan fingerprint density at radius 1 is 1.04 bits per heavy atom. The number of benzene rings is 1. The molecule has 3 fully saturated rings. The van der Waals surface area contributed by atoms with E-state index in [1.165, 1.54) is 25.7 Å². The van der Waals surface area contributed by atoms with Gasteiger partial charge < -0.3 is 10.4 Å². The molecule has 1 aliphatic heterocycles. The van der Waals surface area contributed by atoms with Crippen LogP contribution >= 0.6 is 0 Å². The van der Waals surface area contributed by atoms with Crippen LogP contribution in [0.5, 0.6) is 0 Å². The van der Waals surface area contributed by atoms with Crippen molar-refractivity contribution in [1.82, 2.24) is 5.32 Å². The van der Waals surface area contributed by atoms with Crippen molar-refractivity contribution in [1.29, 1.82) is 0 Å². The highest BCUT2D eigenvalue weighted by atomic mass is 16.3. The maximum Gasteiger partial charge on any atom is 0.243 e. The van der Waals surface area contributed by atoms with Gasteiger partial charge in [0.2, 0.25) is 5.91 Å². The van der Waals surface area contributed by atoms with Crippen LogP contribution in [0.2, 0.25) is 0 Å². The van der Waals surface area contributed by atoms with Crippen LogP contribution in [-0.4, -0.2) is 17.1 Å². The fourth-order valence-electron chi connectivity index (χ4n) is 7.78. The van der Waals surface area contributed by atoms with Gasteiger partial charge in [-0.25, -0.2) is 0 Å². The van der Waals surface area contributed by atoms with Gasteiger partial charge >= 0.3 is 0 Å². The number of rotatable bonds is 2. The number of hydrogen-bond donors (Lipinski definition) is 2. The summed E-state index contributed by atoms with van der Waals surface area (Å²) < 4.78 is 0. The maximum absolute atomic E-state index is 11.9. The lowest BCUT2D eigenvalue weighted by Crippen LogP contribution is -2.59. The highest BCUT2D eigenvalue weighted by Gasteiger charge is 2.60.